The van der Waals surface area contributed by atoms with Crippen molar-refractivity contribution in [1.82, 2.24) is 0 Å². The Bertz CT molecular complexity index is 392. The Kier molecular flexibility index (Phi) is 2.47. The van der Waals surface area contributed by atoms with Crippen LogP contribution in [0.4, 0.5) is 0 Å². The zero-order chi connectivity index (χ0) is 11.3. The highest BCUT2D eigenvalue weighted by molar-refractivity contribution is 7.03. The van der Waals surface area contributed by atoms with E-state index >= 15 is 0 Å². The Morgan fingerprint density at radius 2 is 1.40 bits per heavy atom. The monoisotopic (exact) mass is 234 g/mol. The molecule has 0 saturated carbocycles. The molecule has 0 radical (unpaired) electrons. The summed E-state index contributed by atoms with van der Waals surface area (Å²) < 4.78 is 0. The standard InChI is InChI=1S/C13H22Si2/c1-11-6-7-12-13(10-11)15(4,5)9-8-14(12,2)3/h6-7,10H,8-9H2,1-5H3. The van der Waals surface area contributed by atoms with Crippen LogP contribution in [-0.4, -0.2) is 16.1 Å². The van der Waals surface area contributed by atoms with Crippen LogP contribution in [0.5, 0.6) is 0 Å². The van der Waals surface area contributed by atoms with Crippen molar-refractivity contribution < 1.29 is 0 Å². The van der Waals surface area contributed by atoms with E-state index in [4.69, 9.17) is 0 Å². The zero-order valence-corrected chi connectivity index (χ0v) is 12.6. The van der Waals surface area contributed by atoms with Crippen LogP contribution in [0.3, 0.4) is 0 Å². The maximum atomic E-state index is 2.54. The lowest BCUT2D eigenvalue weighted by molar-refractivity contribution is 1.27. The normalized spacial score (nSPS) is 22.2. The largest absolute Gasteiger partial charge is 0.0802 e. The van der Waals surface area contributed by atoms with Crippen molar-refractivity contribution in [3.63, 3.8) is 0 Å². The van der Waals surface area contributed by atoms with Gasteiger partial charge in [0.15, 0.2) is 0 Å². The van der Waals surface area contributed by atoms with Gasteiger partial charge in [-0.15, -0.1) is 0 Å². The average molecular weight is 234 g/mol. The van der Waals surface area contributed by atoms with Crippen LogP contribution in [0.15, 0.2) is 18.2 Å². The molecule has 0 nitrogen and oxygen atoms in total. The van der Waals surface area contributed by atoms with Gasteiger partial charge in [-0.1, -0.05) is 72.4 Å². The molecule has 1 aromatic carbocycles. The highest BCUT2D eigenvalue weighted by Crippen LogP contribution is 2.25. The van der Waals surface area contributed by atoms with Gasteiger partial charge in [0, 0.05) is 0 Å². The Labute approximate surface area is 95.7 Å². The van der Waals surface area contributed by atoms with Gasteiger partial charge >= 0.3 is 0 Å². The van der Waals surface area contributed by atoms with E-state index in [-0.39, 0.29) is 0 Å². The molecule has 2 heteroatoms. The minimum absolute atomic E-state index is 1.09. The molecule has 1 heterocycles. The third-order valence-corrected chi connectivity index (χ3v) is 11.5. The van der Waals surface area contributed by atoms with Gasteiger partial charge in [-0.05, 0) is 6.92 Å². The zero-order valence-electron chi connectivity index (χ0n) is 10.6. The van der Waals surface area contributed by atoms with Gasteiger partial charge in [-0.3, -0.25) is 0 Å². The van der Waals surface area contributed by atoms with Crippen molar-refractivity contribution in [2.75, 3.05) is 0 Å². The lowest BCUT2D eigenvalue weighted by Crippen LogP contribution is -2.63. The number of hydrogen-bond acceptors (Lipinski definition) is 0. The second-order valence-electron chi connectivity index (χ2n) is 6.32. The first-order valence-corrected chi connectivity index (χ1v) is 12.4. The molecule has 0 spiro atoms. The van der Waals surface area contributed by atoms with E-state index in [0.29, 0.717) is 0 Å². The van der Waals surface area contributed by atoms with Crippen LogP contribution in [0.25, 0.3) is 0 Å². The lowest BCUT2D eigenvalue weighted by atomic mass is 10.2. The Morgan fingerprint density at radius 1 is 0.867 bits per heavy atom. The van der Waals surface area contributed by atoms with E-state index in [1.165, 1.54) is 17.7 Å². The minimum Gasteiger partial charge on any atom is -0.0654 e. The van der Waals surface area contributed by atoms with Gasteiger partial charge in [0.05, 0.1) is 16.1 Å². The van der Waals surface area contributed by atoms with Crippen LogP contribution in [0.1, 0.15) is 5.56 Å². The molecule has 1 aliphatic heterocycles. The third kappa shape index (κ3) is 1.85. The molecule has 0 amide bonds. The van der Waals surface area contributed by atoms with E-state index in [9.17, 15) is 0 Å². The first-order valence-electron chi connectivity index (χ1n) is 5.95. The van der Waals surface area contributed by atoms with Crippen molar-refractivity contribution in [2.45, 2.75) is 45.2 Å². The van der Waals surface area contributed by atoms with Crippen molar-refractivity contribution >= 4 is 26.5 Å². The number of benzene rings is 1. The topological polar surface area (TPSA) is 0 Å². The highest BCUT2D eigenvalue weighted by atomic mass is 28.3. The Balaban J connectivity index is 2.64. The predicted molar refractivity (Wildman–Crippen MR) is 75.0 cm³/mol. The number of aryl methyl sites for hydroxylation is 1. The van der Waals surface area contributed by atoms with Gasteiger partial charge in [-0.2, -0.15) is 0 Å². The molecule has 0 fully saturated rings. The van der Waals surface area contributed by atoms with Crippen molar-refractivity contribution in [3.8, 4) is 0 Å². The fraction of sp³-hybridized carbons (Fsp3) is 0.538. The van der Waals surface area contributed by atoms with Crippen LogP contribution in [0.2, 0.25) is 38.3 Å². The highest BCUT2D eigenvalue weighted by Gasteiger charge is 2.39. The maximum absolute atomic E-state index is 2.54. The summed E-state index contributed by atoms with van der Waals surface area (Å²) in [6.07, 6.45) is 0. The van der Waals surface area contributed by atoms with Gasteiger partial charge in [0.1, 0.15) is 0 Å². The molecule has 0 bridgehead atoms. The van der Waals surface area contributed by atoms with Crippen molar-refractivity contribution in [2.24, 2.45) is 0 Å². The molecule has 0 atom stereocenters. The summed E-state index contributed by atoms with van der Waals surface area (Å²) in [5.41, 5.74) is 1.45. The molecule has 15 heavy (non-hydrogen) atoms. The summed E-state index contributed by atoms with van der Waals surface area (Å²) >= 11 is 0. The number of rotatable bonds is 0. The average Bonchev–Trinajstić information content (AvgIpc) is 2.13. The number of hydrogen-bond donors (Lipinski definition) is 0. The summed E-state index contributed by atoms with van der Waals surface area (Å²) in [5, 5.41) is 3.53. The SMILES string of the molecule is Cc1ccc2c(c1)[Si](C)(C)CC[Si]2(C)C. The summed E-state index contributed by atoms with van der Waals surface area (Å²) in [6.45, 7) is 12.4. The molecule has 2 rings (SSSR count). The van der Waals surface area contributed by atoms with E-state index in [1.807, 2.05) is 0 Å². The van der Waals surface area contributed by atoms with Crippen molar-refractivity contribution in [3.05, 3.63) is 23.8 Å². The summed E-state index contributed by atoms with van der Waals surface area (Å²) in [7, 11) is -2.18. The van der Waals surface area contributed by atoms with Crippen LogP contribution in [-0.2, 0) is 0 Å². The molecule has 1 aliphatic rings. The summed E-state index contributed by atoms with van der Waals surface area (Å²) in [5.74, 6) is 0. The molecular formula is C13H22Si2. The van der Waals surface area contributed by atoms with Gasteiger partial charge in [-0.25, -0.2) is 0 Å². The molecule has 0 aliphatic carbocycles. The van der Waals surface area contributed by atoms with Gasteiger partial charge < -0.3 is 0 Å². The first kappa shape index (κ1) is 11.1. The van der Waals surface area contributed by atoms with Crippen LogP contribution >= 0.6 is 0 Å². The molecule has 0 N–H and O–H groups in total. The van der Waals surface area contributed by atoms with Crippen molar-refractivity contribution in [1.29, 1.82) is 0 Å². The smallest absolute Gasteiger partial charge is 0.0654 e. The van der Waals surface area contributed by atoms with E-state index in [2.05, 4.69) is 51.3 Å². The summed E-state index contributed by atoms with van der Waals surface area (Å²) in [6, 6.07) is 10.2. The molecule has 0 aromatic heterocycles. The lowest BCUT2D eigenvalue weighted by Gasteiger charge is -2.39. The second-order valence-corrected chi connectivity index (χ2v) is 15.9. The third-order valence-electron chi connectivity index (χ3n) is 4.01. The van der Waals surface area contributed by atoms with Crippen LogP contribution < -0.4 is 10.4 Å². The van der Waals surface area contributed by atoms with Gasteiger partial charge in [0.2, 0.25) is 0 Å². The van der Waals surface area contributed by atoms with Gasteiger partial charge in [0.25, 0.3) is 0 Å². The maximum Gasteiger partial charge on any atom is 0.0802 e. The minimum atomic E-state index is -1.10. The first-order chi connectivity index (χ1) is 6.83. The molecule has 1 aromatic rings. The number of fused-ring (bicyclic) bond motifs is 1. The molecule has 0 saturated heterocycles. The van der Waals surface area contributed by atoms with E-state index in [0.717, 1.165) is 0 Å². The van der Waals surface area contributed by atoms with E-state index < -0.39 is 16.1 Å². The Morgan fingerprint density at radius 3 is 2.00 bits per heavy atom. The molecule has 0 unspecified atom stereocenters. The van der Waals surface area contributed by atoms with E-state index in [1.54, 1.807) is 10.4 Å². The second kappa shape index (κ2) is 3.32. The fourth-order valence-corrected chi connectivity index (χ4v) is 13.0. The fourth-order valence-electron chi connectivity index (χ4n) is 2.70. The Hall–Kier alpha value is -0.346. The molecular weight excluding hydrogens is 212 g/mol. The summed E-state index contributed by atoms with van der Waals surface area (Å²) in [4.78, 5) is 0. The molecule has 82 valence electrons. The predicted octanol–water partition coefficient (Wildman–Crippen LogP) is 2.84. The van der Waals surface area contributed by atoms with Crippen LogP contribution in [0, 0.1) is 6.92 Å². The quantitative estimate of drug-likeness (QED) is 0.606.